The zero-order valence-corrected chi connectivity index (χ0v) is 22.0. The number of halogens is 2. The molecule has 38 heavy (non-hydrogen) atoms. The maximum atomic E-state index is 15.2. The fraction of sp³-hybridized carbons (Fsp3) is 0.393. The molecule has 1 saturated carbocycles. The highest BCUT2D eigenvalue weighted by Gasteiger charge is 2.32. The van der Waals surface area contributed by atoms with Gasteiger partial charge in [0.1, 0.15) is 17.6 Å². The van der Waals surface area contributed by atoms with Crippen molar-refractivity contribution in [2.24, 2.45) is 5.92 Å². The first-order valence-electron chi connectivity index (χ1n) is 13.0. The zero-order valence-electron chi connectivity index (χ0n) is 21.2. The number of hydrogen-bond acceptors (Lipinski definition) is 4. The standard InChI is InChI=1S/C28H31ClFN5O3/c1-17-25(22(29)11-13-35(17)38)21-9-7-19(15-23(21)30)32-28(37)26(18-5-3-2-4-6-18)33-27(36)24-10-8-20-16-31-12-14-34(20)24/h7-11,13,15,18,26,31H,2-6,12,14,16H2,1H3,(H,32,37)(H,33,36)/t26-/m0/s1. The Morgan fingerprint density at radius 3 is 2.74 bits per heavy atom. The van der Waals surface area contributed by atoms with Crippen LogP contribution in [0.3, 0.4) is 0 Å². The normalized spacial score (nSPS) is 16.5. The third-order valence-electron chi connectivity index (χ3n) is 7.61. The first kappa shape index (κ1) is 26.2. The Morgan fingerprint density at radius 1 is 1.18 bits per heavy atom. The zero-order chi connectivity index (χ0) is 26.8. The van der Waals surface area contributed by atoms with Crippen molar-refractivity contribution in [2.75, 3.05) is 11.9 Å². The summed E-state index contributed by atoms with van der Waals surface area (Å²) in [5, 5.41) is 21.3. The van der Waals surface area contributed by atoms with Crippen molar-refractivity contribution in [3.05, 3.63) is 75.7 Å². The van der Waals surface area contributed by atoms with Crippen molar-refractivity contribution in [3.63, 3.8) is 0 Å². The van der Waals surface area contributed by atoms with E-state index in [-0.39, 0.29) is 39.7 Å². The van der Waals surface area contributed by atoms with E-state index in [0.717, 1.165) is 44.3 Å². The van der Waals surface area contributed by atoms with E-state index in [2.05, 4.69) is 16.0 Å². The maximum absolute atomic E-state index is 15.2. The van der Waals surface area contributed by atoms with Gasteiger partial charge in [0.05, 0.1) is 10.6 Å². The fourth-order valence-corrected chi connectivity index (χ4v) is 5.86. The molecule has 5 rings (SSSR count). The van der Waals surface area contributed by atoms with E-state index in [4.69, 9.17) is 11.6 Å². The molecule has 2 aliphatic rings. The SMILES string of the molecule is Cc1c(-c2ccc(NC(=O)[C@@H](NC(=O)c3ccc4n3CCNC4)C3CCCCC3)cc2F)c(Cl)cc[n+]1[O-]. The van der Waals surface area contributed by atoms with E-state index < -0.39 is 11.9 Å². The van der Waals surface area contributed by atoms with Crippen LogP contribution in [0.15, 0.2) is 42.6 Å². The molecule has 1 fully saturated rings. The molecule has 8 nitrogen and oxygen atoms in total. The van der Waals surface area contributed by atoms with Gasteiger partial charge in [-0.25, -0.2) is 4.39 Å². The van der Waals surface area contributed by atoms with E-state index in [0.29, 0.717) is 29.1 Å². The first-order valence-corrected chi connectivity index (χ1v) is 13.4. The molecule has 2 aromatic heterocycles. The molecule has 1 aromatic carbocycles. The van der Waals surface area contributed by atoms with Crippen molar-refractivity contribution in [2.45, 2.75) is 58.2 Å². The molecule has 10 heteroatoms. The number of anilines is 1. The van der Waals surface area contributed by atoms with Crippen molar-refractivity contribution >= 4 is 29.1 Å². The van der Waals surface area contributed by atoms with E-state index in [1.165, 1.54) is 24.4 Å². The van der Waals surface area contributed by atoms with E-state index in [1.54, 1.807) is 19.1 Å². The van der Waals surface area contributed by atoms with Gasteiger partial charge in [-0.2, -0.15) is 4.73 Å². The molecule has 0 bridgehead atoms. The summed E-state index contributed by atoms with van der Waals surface area (Å²) in [5.41, 5.74) is 2.58. The molecule has 0 radical (unpaired) electrons. The second kappa shape index (κ2) is 11.1. The number of hydrogen-bond donors (Lipinski definition) is 3. The van der Waals surface area contributed by atoms with Crippen LogP contribution >= 0.6 is 11.6 Å². The molecule has 0 unspecified atom stereocenters. The number of benzene rings is 1. The molecule has 1 atom stereocenters. The maximum Gasteiger partial charge on any atom is 0.268 e. The summed E-state index contributed by atoms with van der Waals surface area (Å²) in [5.74, 6) is -1.29. The molecule has 0 saturated heterocycles. The predicted molar refractivity (Wildman–Crippen MR) is 143 cm³/mol. The lowest BCUT2D eigenvalue weighted by atomic mass is 9.83. The lowest BCUT2D eigenvalue weighted by Gasteiger charge is -2.30. The Labute approximate surface area is 225 Å². The first-order chi connectivity index (χ1) is 18.3. The lowest BCUT2D eigenvalue weighted by molar-refractivity contribution is -0.611. The number of nitrogens with zero attached hydrogens (tertiary/aromatic N) is 2. The van der Waals surface area contributed by atoms with Crippen LogP contribution in [-0.2, 0) is 17.9 Å². The van der Waals surface area contributed by atoms with E-state index >= 15 is 4.39 Å². The molecule has 3 heterocycles. The van der Waals surface area contributed by atoms with Crippen LogP contribution in [0.2, 0.25) is 5.02 Å². The summed E-state index contributed by atoms with van der Waals surface area (Å²) in [6, 6.07) is 8.67. The number of aromatic nitrogens is 2. The Hall–Kier alpha value is -3.43. The summed E-state index contributed by atoms with van der Waals surface area (Å²) in [7, 11) is 0. The van der Waals surface area contributed by atoms with Crippen LogP contribution in [0, 0.1) is 23.9 Å². The van der Waals surface area contributed by atoms with Gasteiger partial charge in [-0.1, -0.05) is 30.9 Å². The van der Waals surface area contributed by atoms with Gasteiger partial charge in [0, 0.05) is 49.6 Å². The smallest absolute Gasteiger partial charge is 0.268 e. The summed E-state index contributed by atoms with van der Waals surface area (Å²) in [6.07, 6.45) is 6.04. The fourth-order valence-electron chi connectivity index (χ4n) is 5.56. The Balaban J connectivity index is 1.37. The number of rotatable bonds is 6. The number of fused-ring (bicyclic) bond motifs is 1. The van der Waals surface area contributed by atoms with Gasteiger partial charge in [0.25, 0.3) is 5.91 Å². The largest absolute Gasteiger partial charge is 0.618 e. The third-order valence-corrected chi connectivity index (χ3v) is 7.92. The van der Waals surface area contributed by atoms with E-state index in [9.17, 15) is 14.8 Å². The van der Waals surface area contributed by atoms with Gasteiger partial charge in [-0.15, -0.1) is 0 Å². The quantitative estimate of drug-likeness (QED) is 0.321. The van der Waals surface area contributed by atoms with Gasteiger partial charge >= 0.3 is 0 Å². The number of pyridine rings is 1. The predicted octanol–water partition coefficient (Wildman–Crippen LogP) is 4.31. The lowest BCUT2D eigenvalue weighted by Crippen LogP contribution is -2.49. The highest BCUT2D eigenvalue weighted by molar-refractivity contribution is 6.33. The highest BCUT2D eigenvalue weighted by Crippen LogP contribution is 2.33. The van der Waals surface area contributed by atoms with Gasteiger partial charge in [0.15, 0.2) is 11.9 Å². The monoisotopic (exact) mass is 539 g/mol. The van der Waals surface area contributed by atoms with Crippen LogP contribution < -0.4 is 20.7 Å². The van der Waals surface area contributed by atoms with Crippen LogP contribution in [0.5, 0.6) is 0 Å². The van der Waals surface area contributed by atoms with Crippen molar-refractivity contribution in [1.29, 1.82) is 0 Å². The van der Waals surface area contributed by atoms with Crippen molar-refractivity contribution < 1.29 is 18.7 Å². The molecule has 3 N–H and O–H groups in total. The molecule has 200 valence electrons. The molecular formula is C28H31ClFN5O3. The Morgan fingerprint density at radius 2 is 1.97 bits per heavy atom. The number of amides is 2. The van der Waals surface area contributed by atoms with Gasteiger partial charge in [-0.05, 0) is 49.1 Å². The van der Waals surface area contributed by atoms with E-state index in [1.807, 2.05) is 10.6 Å². The minimum Gasteiger partial charge on any atom is -0.618 e. The summed E-state index contributed by atoms with van der Waals surface area (Å²) in [4.78, 5) is 26.8. The summed E-state index contributed by atoms with van der Waals surface area (Å²) in [6.45, 7) is 3.73. The number of carbonyl (C=O) groups excluding carboxylic acids is 2. The van der Waals surface area contributed by atoms with Crippen LogP contribution in [0.4, 0.5) is 10.1 Å². The van der Waals surface area contributed by atoms with Crippen molar-refractivity contribution in [1.82, 2.24) is 15.2 Å². The second-order valence-electron chi connectivity index (χ2n) is 10.0. The van der Waals surface area contributed by atoms with Gasteiger partial charge in [0.2, 0.25) is 5.91 Å². The van der Waals surface area contributed by atoms with Gasteiger partial charge < -0.3 is 25.7 Å². The van der Waals surface area contributed by atoms with Crippen LogP contribution in [-0.4, -0.2) is 29.0 Å². The topological polar surface area (TPSA) is 102 Å². The third kappa shape index (κ3) is 5.26. The molecular weight excluding hydrogens is 509 g/mol. The molecule has 0 spiro atoms. The van der Waals surface area contributed by atoms with Crippen LogP contribution in [0.25, 0.3) is 11.1 Å². The summed E-state index contributed by atoms with van der Waals surface area (Å²) < 4.78 is 17.8. The molecule has 1 aliphatic carbocycles. The number of carbonyl (C=O) groups is 2. The minimum atomic E-state index is -0.747. The van der Waals surface area contributed by atoms with Crippen molar-refractivity contribution in [3.8, 4) is 11.1 Å². The number of nitrogens with one attached hydrogen (secondary N) is 3. The molecule has 2 amide bonds. The average Bonchev–Trinajstić information content (AvgIpc) is 3.35. The molecule has 3 aromatic rings. The minimum absolute atomic E-state index is 0.00690. The second-order valence-corrected chi connectivity index (χ2v) is 10.4. The Kier molecular flexibility index (Phi) is 7.67. The summed E-state index contributed by atoms with van der Waals surface area (Å²) >= 11 is 6.26. The Bertz CT molecular complexity index is 1370. The van der Waals surface area contributed by atoms with Gasteiger partial charge in [-0.3, -0.25) is 9.59 Å². The average molecular weight is 540 g/mol. The van der Waals surface area contributed by atoms with Crippen LogP contribution in [0.1, 0.15) is 54.0 Å². The molecule has 1 aliphatic heterocycles. The highest BCUT2D eigenvalue weighted by atomic mass is 35.5.